The van der Waals surface area contributed by atoms with Gasteiger partial charge in [-0.25, -0.2) is 14.7 Å². The minimum Gasteiger partial charge on any atom is -0.451 e. The molecule has 9 nitrogen and oxygen atoms in total. The van der Waals surface area contributed by atoms with Crippen LogP contribution in [-0.2, 0) is 9.53 Å². The lowest BCUT2D eigenvalue weighted by atomic mass is 9.86. The van der Waals surface area contributed by atoms with Crippen LogP contribution < -0.4 is 16.2 Å². The predicted molar refractivity (Wildman–Crippen MR) is 101 cm³/mol. The Labute approximate surface area is 160 Å². The van der Waals surface area contributed by atoms with Crippen molar-refractivity contribution in [1.82, 2.24) is 20.8 Å². The van der Waals surface area contributed by atoms with E-state index in [9.17, 15) is 19.2 Å². The van der Waals surface area contributed by atoms with E-state index in [4.69, 9.17) is 4.74 Å². The summed E-state index contributed by atoms with van der Waals surface area (Å²) in [6, 6.07) is 5.85. The molecule has 0 spiro atoms. The highest BCUT2D eigenvalue weighted by Crippen LogP contribution is 2.23. The van der Waals surface area contributed by atoms with Crippen LogP contribution in [0.15, 0.2) is 29.1 Å². The third-order valence-corrected chi connectivity index (χ3v) is 4.90. The molecule has 1 fully saturated rings. The molecular weight excluding hydrogens is 364 g/mol. The smallest absolute Gasteiger partial charge is 0.359 e. The van der Waals surface area contributed by atoms with Gasteiger partial charge in [-0.05, 0) is 24.8 Å². The first-order chi connectivity index (χ1) is 13.5. The molecule has 9 heteroatoms. The lowest BCUT2D eigenvalue weighted by molar-refractivity contribution is -0.123. The van der Waals surface area contributed by atoms with Crippen molar-refractivity contribution >= 4 is 28.7 Å². The van der Waals surface area contributed by atoms with E-state index in [1.807, 2.05) is 0 Å². The molecule has 2 atom stereocenters. The number of aromatic nitrogens is 2. The summed E-state index contributed by atoms with van der Waals surface area (Å²) in [5.41, 5.74) is -0.540. The van der Waals surface area contributed by atoms with E-state index in [1.165, 1.54) is 0 Å². The van der Waals surface area contributed by atoms with E-state index in [-0.39, 0.29) is 17.1 Å². The predicted octanol–water partition coefficient (Wildman–Crippen LogP) is 1.48. The van der Waals surface area contributed by atoms with Gasteiger partial charge in [0.25, 0.3) is 11.5 Å². The first kappa shape index (κ1) is 19.5. The highest BCUT2D eigenvalue weighted by atomic mass is 16.5. The Morgan fingerprint density at radius 2 is 1.89 bits per heavy atom. The molecule has 1 aromatic carbocycles. The SMILES string of the molecule is C[C@@H]1CCCC[C@H]1NC(=O)NC(=O)COC(=O)c1n[nH]c(=O)c2ccccc12. The van der Waals surface area contributed by atoms with Gasteiger partial charge in [-0.15, -0.1) is 0 Å². The number of imide groups is 1. The van der Waals surface area contributed by atoms with Crippen molar-refractivity contribution in [1.29, 1.82) is 0 Å². The molecule has 2 aromatic rings. The van der Waals surface area contributed by atoms with Crippen molar-refractivity contribution in [3.63, 3.8) is 0 Å². The number of hydrogen-bond acceptors (Lipinski definition) is 6. The van der Waals surface area contributed by atoms with Crippen molar-refractivity contribution < 1.29 is 19.1 Å². The van der Waals surface area contributed by atoms with Gasteiger partial charge < -0.3 is 10.1 Å². The Bertz CT molecular complexity index is 955. The largest absolute Gasteiger partial charge is 0.451 e. The zero-order chi connectivity index (χ0) is 20.1. The second-order valence-electron chi connectivity index (χ2n) is 6.91. The van der Waals surface area contributed by atoms with E-state index in [1.54, 1.807) is 24.3 Å². The maximum atomic E-state index is 12.2. The Balaban J connectivity index is 1.55. The highest BCUT2D eigenvalue weighted by molar-refractivity contribution is 6.03. The molecule has 3 rings (SSSR count). The average Bonchev–Trinajstić information content (AvgIpc) is 2.68. The number of ether oxygens (including phenoxy) is 1. The van der Waals surface area contributed by atoms with Gasteiger partial charge in [-0.3, -0.25) is 14.9 Å². The first-order valence-corrected chi connectivity index (χ1v) is 9.20. The third-order valence-electron chi connectivity index (χ3n) is 4.90. The molecule has 1 aliphatic carbocycles. The second-order valence-corrected chi connectivity index (χ2v) is 6.91. The van der Waals surface area contributed by atoms with E-state index < -0.39 is 30.1 Å². The van der Waals surface area contributed by atoms with Crippen molar-refractivity contribution in [3.05, 3.63) is 40.3 Å². The summed E-state index contributed by atoms with van der Waals surface area (Å²) in [7, 11) is 0. The number of amides is 3. The fourth-order valence-electron chi connectivity index (χ4n) is 3.37. The van der Waals surface area contributed by atoms with Gasteiger partial charge in [0.2, 0.25) is 0 Å². The molecular formula is C19H22N4O5. The Hall–Kier alpha value is -3.23. The number of rotatable bonds is 4. The fraction of sp³-hybridized carbons (Fsp3) is 0.421. The molecule has 148 valence electrons. The van der Waals surface area contributed by atoms with Gasteiger partial charge in [-0.2, -0.15) is 5.10 Å². The molecule has 0 aliphatic heterocycles. The second kappa shape index (κ2) is 8.64. The normalized spacial score (nSPS) is 19.0. The number of esters is 1. The minimum absolute atomic E-state index is 0.0285. The van der Waals surface area contributed by atoms with Crippen molar-refractivity contribution in [2.24, 2.45) is 5.92 Å². The summed E-state index contributed by atoms with van der Waals surface area (Å²) >= 11 is 0. The maximum Gasteiger partial charge on any atom is 0.359 e. The summed E-state index contributed by atoms with van der Waals surface area (Å²) in [6.45, 7) is 1.43. The summed E-state index contributed by atoms with van der Waals surface area (Å²) in [4.78, 5) is 47.8. The van der Waals surface area contributed by atoms with Crippen molar-refractivity contribution in [2.45, 2.75) is 38.6 Å². The van der Waals surface area contributed by atoms with Gasteiger partial charge in [0.05, 0.1) is 5.39 Å². The van der Waals surface area contributed by atoms with E-state index in [0.29, 0.717) is 11.3 Å². The molecule has 0 unspecified atom stereocenters. The lowest BCUT2D eigenvalue weighted by Crippen LogP contribution is -2.48. The Morgan fingerprint density at radius 1 is 1.18 bits per heavy atom. The molecule has 0 saturated heterocycles. The summed E-state index contributed by atoms with van der Waals surface area (Å²) in [5.74, 6) is -1.26. The Morgan fingerprint density at radius 3 is 2.64 bits per heavy atom. The highest BCUT2D eigenvalue weighted by Gasteiger charge is 2.24. The van der Waals surface area contributed by atoms with Crippen LogP contribution in [-0.4, -0.2) is 40.8 Å². The Kier molecular flexibility index (Phi) is 6.03. The summed E-state index contributed by atoms with van der Waals surface area (Å²) < 4.78 is 4.93. The van der Waals surface area contributed by atoms with Gasteiger partial charge in [-0.1, -0.05) is 38.0 Å². The number of benzene rings is 1. The number of nitrogens with zero attached hydrogens (tertiary/aromatic N) is 1. The van der Waals surface area contributed by atoms with Gasteiger partial charge in [0, 0.05) is 11.4 Å². The van der Waals surface area contributed by atoms with Crippen LogP contribution in [0.25, 0.3) is 10.8 Å². The number of fused-ring (bicyclic) bond motifs is 1. The van der Waals surface area contributed by atoms with Crippen LogP contribution >= 0.6 is 0 Å². The maximum absolute atomic E-state index is 12.2. The molecule has 1 saturated carbocycles. The van der Waals surface area contributed by atoms with Crippen LogP contribution in [0.4, 0.5) is 4.79 Å². The average molecular weight is 386 g/mol. The molecule has 1 aliphatic rings. The lowest BCUT2D eigenvalue weighted by Gasteiger charge is -2.29. The zero-order valence-corrected chi connectivity index (χ0v) is 15.5. The van der Waals surface area contributed by atoms with E-state index >= 15 is 0 Å². The monoisotopic (exact) mass is 386 g/mol. The van der Waals surface area contributed by atoms with Gasteiger partial charge in [0.15, 0.2) is 12.3 Å². The molecule has 0 bridgehead atoms. The number of hydrogen-bond donors (Lipinski definition) is 3. The number of aromatic amines is 1. The molecule has 1 heterocycles. The summed E-state index contributed by atoms with van der Waals surface area (Å²) in [5, 5.41) is 11.5. The van der Waals surface area contributed by atoms with Crippen LogP contribution in [0, 0.1) is 5.92 Å². The molecule has 28 heavy (non-hydrogen) atoms. The number of carbonyl (C=O) groups is 3. The topological polar surface area (TPSA) is 130 Å². The van der Waals surface area contributed by atoms with Crippen LogP contribution in [0.3, 0.4) is 0 Å². The molecule has 1 aromatic heterocycles. The van der Waals surface area contributed by atoms with Crippen molar-refractivity contribution in [3.8, 4) is 0 Å². The van der Waals surface area contributed by atoms with E-state index in [0.717, 1.165) is 25.7 Å². The fourth-order valence-corrected chi connectivity index (χ4v) is 3.37. The molecule has 3 N–H and O–H groups in total. The van der Waals surface area contributed by atoms with Gasteiger partial charge >= 0.3 is 12.0 Å². The quantitative estimate of drug-likeness (QED) is 0.683. The van der Waals surface area contributed by atoms with E-state index in [2.05, 4.69) is 27.8 Å². The summed E-state index contributed by atoms with van der Waals surface area (Å²) in [6.07, 6.45) is 4.10. The van der Waals surface area contributed by atoms with Crippen LogP contribution in [0.5, 0.6) is 0 Å². The number of H-pyrrole nitrogens is 1. The first-order valence-electron chi connectivity index (χ1n) is 9.20. The zero-order valence-electron chi connectivity index (χ0n) is 15.5. The van der Waals surface area contributed by atoms with Crippen LogP contribution in [0.1, 0.15) is 43.1 Å². The van der Waals surface area contributed by atoms with Crippen LogP contribution in [0.2, 0.25) is 0 Å². The minimum atomic E-state index is -0.871. The molecule has 0 radical (unpaired) electrons. The van der Waals surface area contributed by atoms with Crippen molar-refractivity contribution in [2.75, 3.05) is 6.61 Å². The number of nitrogens with one attached hydrogen (secondary N) is 3. The standard InChI is InChI=1S/C19H22N4O5/c1-11-6-2-5-9-14(11)20-19(27)21-15(24)10-28-18(26)16-12-7-3-4-8-13(12)17(25)23-22-16/h3-4,7-8,11,14H,2,5-6,9-10H2,1H3,(H,23,25)(H2,20,21,24,27)/t11-,14-/m1/s1. The molecule has 3 amide bonds. The number of urea groups is 1. The number of carbonyl (C=O) groups excluding carboxylic acids is 3. The van der Waals surface area contributed by atoms with Gasteiger partial charge in [0.1, 0.15) is 0 Å². The third kappa shape index (κ3) is 4.54.